The zero-order valence-electron chi connectivity index (χ0n) is 7.11. The van der Waals surface area contributed by atoms with Crippen molar-refractivity contribution in [2.24, 2.45) is 0 Å². The van der Waals surface area contributed by atoms with Crippen LogP contribution in [0, 0.1) is 0 Å². The molecule has 0 aliphatic heterocycles. The summed E-state index contributed by atoms with van der Waals surface area (Å²) in [5.41, 5.74) is 0.840. The molecular formula is C10H8O3. The van der Waals surface area contributed by atoms with E-state index < -0.39 is 0 Å². The van der Waals surface area contributed by atoms with Crippen molar-refractivity contribution in [3.05, 3.63) is 36.5 Å². The molecule has 0 saturated carbocycles. The molecule has 2 aromatic heterocycles. The van der Waals surface area contributed by atoms with Crippen LogP contribution in [-0.2, 0) is 0 Å². The highest BCUT2D eigenvalue weighted by Gasteiger charge is 2.08. The maximum Gasteiger partial charge on any atom is 0.194 e. The first kappa shape index (κ1) is 7.86. The van der Waals surface area contributed by atoms with E-state index >= 15 is 0 Å². The fraction of sp³-hybridized carbons (Fsp3) is 0.100. The molecule has 0 amide bonds. The van der Waals surface area contributed by atoms with Crippen molar-refractivity contribution in [3.8, 4) is 11.3 Å². The minimum Gasteiger partial charge on any atom is -0.472 e. The Kier molecular flexibility index (Phi) is 1.77. The van der Waals surface area contributed by atoms with Gasteiger partial charge in [0.1, 0.15) is 12.0 Å². The molecule has 0 aliphatic carbocycles. The van der Waals surface area contributed by atoms with Crippen LogP contribution in [0.3, 0.4) is 0 Å². The maximum atomic E-state index is 10.9. The second kappa shape index (κ2) is 2.94. The molecule has 3 heteroatoms. The lowest BCUT2D eigenvalue weighted by Crippen LogP contribution is -1.85. The van der Waals surface area contributed by atoms with E-state index in [1.165, 1.54) is 6.92 Å². The first-order chi connectivity index (χ1) is 6.27. The van der Waals surface area contributed by atoms with Crippen molar-refractivity contribution in [3.63, 3.8) is 0 Å². The third-order valence-electron chi connectivity index (χ3n) is 1.76. The molecule has 66 valence electrons. The van der Waals surface area contributed by atoms with Gasteiger partial charge in [0, 0.05) is 6.92 Å². The third kappa shape index (κ3) is 1.40. The van der Waals surface area contributed by atoms with Gasteiger partial charge < -0.3 is 8.83 Å². The molecule has 0 unspecified atom stereocenters. The van der Waals surface area contributed by atoms with Gasteiger partial charge in [-0.2, -0.15) is 0 Å². The summed E-state index contributed by atoms with van der Waals surface area (Å²) in [6.45, 7) is 1.47. The summed E-state index contributed by atoms with van der Waals surface area (Å²) in [7, 11) is 0. The van der Waals surface area contributed by atoms with Crippen LogP contribution in [0.25, 0.3) is 11.3 Å². The zero-order chi connectivity index (χ0) is 9.26. The molecule has 0 radical (unpaired) electrons. The highest BCUT2D eigenvalue weighted by Crippen LogP contribution is 2.22. The van der Waals surface area contributed by atoms with Crippen LogP contribution in [0.5, 0.6) is 0 Å². The Labute approximate surface area is 75.0 Å². The zero-order valence-corrected chi connectivity index (χ0v) is 7.11. The summed E-state index contributed by atoms with van der Waals surface area (Å²) in [5.74, 6) is 0.949. The molecule has 3 nitrogen and oxygen atoms in total. The minimum atomic E-state index is -0.0743. The van der Waals surface area contributed by atoms with Crippen LogP contribution in [0.2, 0.25) is 0 Å². The fourth-order valence-electron chi connectivity index (χ4n) is 1.09. The van der Waals surface area contributed by atoms with E-state index in [0.29, 0.717) is 11.5 Å². The Morgan fingerprint density at radius 3 is 2.69 bits per heavy atom. The second-order valence-corrected chi connectivity index (χ2v) is 2.73. The first-order valence-electron chi connectivity index (χ1n) is 3.91. The van der Waals surface area contributed by atoms with Gasteiger partial charge in [0.15, 0.2) is 11.5 Å². The van der Waals surface area contributed by atoms with E-state index in [9.17, 15) is 4.79 Å². The number of rotatable bonds is 2. The van der Waals surface area contributed by atoms with Crippen molar-refractivity contribution in [1.29, 1.82) is 0 Å². The highest BCUT2D eigenvalue weighted by molar-refractivity contribution is 5.91. The maximum absolute atomic E-state index is 10.9. The number of Topliss-reactive ketones (excluding diaryl/α,β-unsaturated/α-hetero) is 1. The van der Waals surface area contributed by atoms with Crippen LogP contribution < -0.4 is 0 Å². The third-order valence-corrected chi connectivity index (χ3v) is 1.76. The van der Waals surface area contributed by atoms with Gasteiger partial charge in [0.2, 0.25) is 0 Å². The van der Waals surface area contributed by atoms with Crippen molar-refractivity contribution in [2.45, 2.75) is 6.92 Å². The Bertz CT molecular complexity index is 409. The molecule has 2 aromatic rings. The van der Waals surface area contributed by atoms with Crippen molar-refractivity contribution in [2.75, 3.05) is 0 Å². The molecule has 0 fully saturated rings. The van der Waals surface area contributed by atoms with E-state index in [0.717, 1.165) is 5.56 Å². The molecule has 0 spiro atoms. The minimum absolute atomic E-state index is 0.0743. The average Bonchev–Trinajstić information content (AvgIpc) is 2.75. The van der Waals surface area contributed by atoms with Gasteiger partial charge in [-0.3, -0.25) is 4.79 Å². The molecule has 0 aliphatic rings. The number of carbonyl (C=O) groups excluding carboxylic acids is 1. The standard InChI is InChI=1S/C10H8O3/c1-7(11)9-2-3-10(13-9)8-4-5-12-6-8/h2-6H,1H3. The average molecular weight is 176 g/mol. The van der Waals surface area contributed by atoms with Crippen molar-refractivity contribution >= 4 is 5.78 Å². The lowest BCUT2D eigenvalue weighted by molar-refractivity contribution is 0.0988. The predicted octanol–water partition coefficient (Wildman–Crippen LogP) is 2.74. The molecule has 0 aromatic carbocycles. The van der Waals surface area contributed by atoms with Gasteiger partial charge >= 0.3 is 0 Å². The van der Waals surface area contributed by atoms with Gasteiger partial charge in [-0.15, -0.1) is 0 Å². The Balaban J connectivity index is 2.39. The summed E-state index contributed by atoms with van der Waals surface area (Å²) in [6.07, 6.45) is 3.13. The number of ketones is 1. The smallest absolute Gasteiger partial charge is 0.194 e. The number of hydrogen-bond donors (Lipinski definition) is 0. The first-order valence-corrected chi connectivity index (χ1v) is 3.91. The molecule has 0 bridgehead atoms. The van der Waals surface area contributed by atoms with Gasteiger partial charge in [-0.05, 0) is 18.2 Å². The van der Waals surface area contributed by atoms with Gasteiger partial charge in [0.25, 0.3) is 0 Å². The molecule has 2 heterocycles. The molecule has 13 heavy (non-hydrogen) atoms. The summed E-state index contributed by atoms with van der Waals surface area (Å²) in [5, 5.41) is 0. The Morgan fingerprint density at radius 2 is 2.15 bits per heavy atom. The van der Waals surface area contributed by atoms with Gasteiger partial charge in [-0.1, -0.05) is 0 Å². The Morgan fingerprint density at radius 1 is 1.31 bits per heavy atom. The number of carbonyl (C=O) groups is 1. The van der Waals surface area contributed by atoms with Crippen LogP contribution in [-0.4, -0.2) is 5.78 Å². The van der Waals surface area contributed by atoms with E-state index in [1.807, 2.05) is 0 Å². The van der Waals surface area contributed by atoms with Crippen molar-refractivity contribution in [1.82, 2.24) is 0 Å². The quantitative estimate of drug-likeness (QED) is 0.661. The van der Waals surface area contributed by atoms with E-state index in [2.05, 4.69) is 0 Å². The normalized spacial score (nSPS) is 10.2. The summed E-state index contributed by atoms with van der Waals surface area (Å²) < 4.78 is 10.2. The number of hydrogen-bond acceptors (Lipinski definition) is 3. The highest BCUT2D eigenvalue weighted by atomic mass is 16.4. The topological polar surface area (TPSA) is 43.4 Å². The molecular weight excluding hydrogens is 168 g/mol. The van der Waals surface area contributed by atoms with Crippen LogP contribution in [0.4, 0.5) is 0 Å². The lowest BCUT2D eigenvalue weighted by Gasteiger charge is -1.88. The molecule has 2 rings (SSSR count). The van der Waals surface area contributed by atoms with Gasteiger partial charge in [0.05, 0.1) is 11.8 Å². The van der Waals surface area contributed by atoms with E-state index in [-0.39, 0.29) is 5.78 Å². The van der Waals surface area contributed by atoms with Gasteiger partial charge in [-0.25, -0.2) is 0 Å². The van der Waals surface area contributed by atoms with Crippen LogP contribution in [0.1, 0.15) is 17.5 Å². The van der Waals surface area contributed by atoms with E-state index in [4.69, 9.17) is 8.83 Å². The summed E-state index contributed by atoms with van der Waals surface area (Å²) >= 11 is 0. The monoisotopic (exact) mass is 176 g/mol. The lowest BCUT2D eigenvalue weighted by atomic mass is 10.3. The number of furan rings is 2. The fourth-order valence-corrected chi connectivity index (χ4v) is 1.09. The van der Waals surface area contributed by atoms with E-state index in [1.54, 1.807) is 30.7 Å². The molecule has 0 N–H and O–H groups in total. The second-order valence-electron chi connectivity index (χ2n) is 2.73. The predicted molar refractivity (Wildman–Crippen MR) is 46.4 cm³/mol. The van der Waals surface area contributed by atoms with Crippen molar-refractivity contribution < 1.29 is 13.6 Å². The SMILES string of the molecule is CC(=O)c1ccc(-c2ccoc2)o1. The molecule has 0 atom stereocenters. The summed E-state index contributed by atoms with van der Waals surface area (Å²) in [4.78, 5) is 10.9. The molecule has 0 saturated heterocycles. The summed E-state index contributed by atoms with van der Waals surface area (Å²) in [6, 6.07) is 5.19. The Hall–Kier alpha value is -1.77. The van der Waals surface area contributed by atoms with Crippen LogP contribution in [0.15, 0.2) is 39.6 Å². The van der Waals surface area contributed by atoms with Crippen LogP contribution >= 0.6 is 0 Å². The largest absolute Gasteiger partial charge is 0.472 e.